The summed E-state index contributed by atoms with van der Waals surface area (Å²) >= 11 is 0. The molecule has 1 N–H and O–H groups in total. The molecule has 0 saturated carbocycles. The van der Waals surface area contributed by atoms with Crippen LogP contribution in [0.1, 0.15) is 11.1 Å². The van der Waals surface area contributed by atoms with Gasteiger partial charge in [0.25, 0.3) is 0 Å². The fourth-order valence-corrected chi connectivity index (χ4v) is 5.02. The lowest BCUT2D eigenvalue weighted by molar-refractivity contribution is -0.274. The number of carboxylic acids is 1. The number of aryl methyl sites for hydroxylation is 1. The molecule has 168 valence electrons. The lowest BCUT2D eigenvalue weighted by atomic mass is 10.1. The van der Waals surface area contributed by atoms with Gasteiger partial charge in [-0.1, -0.05) is 6.07 Å². The van der Waals surface area contributed by atoms with Crippen LogP contribution in [0.4, 0.5) is 18.9 Å². The van der Waals surface area contributed by atoms with Crippen LogP contribution in [0.15, 0.2) is 47.4 Å². The lowest BCUT2D eigenvalue weighted by Crippen LogP contribution is -2.48. The Morgan fingerprint density at radius 2 is 1.68 bits per heavy atom. The summed E-state index contributed by atoms with van der Waals surface area (Å²) in [5.41, 5.74) is 1.72. The average molecular weight is 458 g/mol. The molecule has 0 amide bonds. The molecule has 0 spiro atoms. The monoisotopic (exact) mass is 458 g/mol. The summed E-state index contributed by atoms with van der Waals surface area (Å²) in [4.78, 5) is 12.9. The Kier molecular flexibility index (Phi) is 6.46. The number of aliphatic carboxylic acids is 1. The van der Waals surface area contributed by atoms with Crippen molar-refractivity contribution < 1.29 is 36.2 Å². The van der Waals surface area contributed by atoms with E-state index >= 15 is 0 Å². The zero-order chi connectivity index (χ0) is 22.8. The zero-order valence-electron chi connectivity index (χ0n) is 16.6. The van der Waals surface area contributed by atoms with Crippen LogP contribution in [0.25, 0.3) is 0 Å². The first-order valence-electron chi connectivity index (χ1n) is 9.37. The van der Waals surface area contributed by atoms with Gasteiger partial charge < -0.3 is 14.7 Å². The van der Waals surface area contributed by atoms with Gasteiger partial charge in [0.2, 0.25) is 10.0 Å². The van der Waals surface area contributed by atoms with Crippen LogP contribution in [0.2, 0.25) is 0 Å². The number of rotatable bonds is 6. The number of benzene rings is 2. The third kappa shape index (κ3) is 5.88. The molecule has 1 heterocycles. The fraction of sp³-hybridized carbons (Fsp3) is 0.350. The number of carboxylic acid groups (broad SMARTS) is 1. The fourth-order valence-electron chi connectivity index (χ4n) is 3.44. The third-order valence-electron chi connectivity index (χ3n) is 4.78. The Labute approximate surface area is 177 Å². The summed E-state index contributed by atoms with van der Waals surface area (Å²) in [5, 5.41) is 8.98. The molecular formula is C20H21F3N2O5S. The Morgan fingerprint density at radius 3 is 2.23 bits per heavy atom. The molecule has 0 atom stereocenters. The highest BCUT2D eigenvalue weighted by Gasteiger charge is 2.32. The Bertz CT molecular complexity index is 1050. The number of hydrogen-bond donors (Lipinski definition) is 1. The maximum absolute atomic E-state index is 13.0. The minimum absolute atomic E-state index is 0.0471. The van der Waals surface area contributed by atoms with Gasteiger partial charge in [0.15, 0.2) is 0 Å². The Balaban J connectivity index is 1.69. The molecule has 2 aromatic carbocycles. The molecular weight excluding hydrogens is 437 g/mol. The molecule has 3 rings (SSSR count). The van der Waals surface area contributed by atoms with Crippen molar-refractivity contribution in [2.24, 2.45) is 0 Å². The molecule has 0 bridgehead atoms. The van der Waals surface area contributed by atoms with Crippen molar-refractivity contribution in [2.45, 2.75) is 24.6 Å². The van der Waals surface area contributed by atoms with Gasteiger partial charge in [-0.3, -0.25) is 4.79 Å². The highest BCUT2D eigenvalue weighted by atomic mass is 32.2. The van der Waals surface area contributed by atoms with Crippen LogP contribution in [-0.2, 0) is 21.2 Å². The van der Waals surface area contributed by atoms with E-state index in [1.165, 1.54) is 40.7 Å². The van der Waals surface area contributed by atoms with Crippen LogP contribution in [0.5, 0.6) is 5.75 Å². The Hall–Kier alpha value is -2.79. The molecule has 7 nitrogen and oxygen atoms in total. The van der Waals surface area contributed by atoms with E-state index in [0.717, 1.165) is 0 Å². The first kappa shape index (κ1) is 22.9. The molecule has 11 heteroatoms. The number of sulfonamides is 1. The SMILES string of the molecule is Cc1cc(CC(=O)O)cc(S(=O)(=O)N2CCN(c3ccc(OC(F)(F)F)cc3)CC2)c1. The molecule has 1 saturated heterocycles. The summed E-state index contributed by atoms with van der Waals surface area (Å²) in [7, 11) is -3.81. The van der Waals surface area contributed by atoms with Crippen molar-refractivity contribution in [3.8, 4) is 5.75 Å². The minimum atomic E-state index is -4.76. The molecule has 0 aromatic heterocycles. The van der Waals surface area contributed by atoms with E-state index in [9.17, 15) is 26.4 Å². The van der Waals surface area contributed by atoms with Crippen molar-refractivity contribution in [3.05, 3.63) is 53.6 Å². The first-order valence-corrected chi connectivity index (χ1v) is 10.8. The standard InChI is InChI=1S/C20H21F3N2O5S/c1-14-10-15(13-19(26)27)12-18(11-14)31(28,29)25-8-6-24(7-9-25)16-2-4-17(5-3-16)30-20(21,22)23/h2-5,10-12H,6-9,13H2,1H3,(H,26,27). The average Bonchev–Trinajstić information content (AvgIpc) is 2.66. The van der Waals surface area contributed by atoms with E-state index in [0.29, 0.717) is 29.9 Å². The van der Waals surface area contributed by atoms with Crippen LogP contribution in [0.3, 0.4) is 0 Å². The van der Waals surface area contributed by atoms with Crippen LogP contribution in [0, 0.1) is 6.92 Å². The number of carbonyl (C=O) groups is 1. The first-order chi connectivity index (χ1) is 14.4. The molecule has 0 aliphatic carbocycles. The van der Waals surface area contributed by atoms with Crippen LogP contribution >= 0.6 is 0 Å². The van der Waals surface area contributed by atoms with E-state index in [1.54, 1.807) is 13.0 Å². The zero-order valence-corrected chi connectivity index (χ0v) is 17.4. The molecule has 1 aliphatic heterocycles. The highest BCUT2D eigenvalue weighted by molar-refractivity contribution is 7.89. The van der Waals surface area contributed by atoms with Gasteiger partial charge in [0.05, 0.1) is 11.3 Å². The van der Waals surface area contributed by atoms with Crippen molar-refractivity contribution in [1.82, 2.24) is 4.31 Å². The maximum atomic E-state index is 13.0. The summed E-state index contributed by atoms with van der Waals surface area (Å²) in [6.45, 7) is 2.78. The lowest BCUT2D eigenvalue weighted by Gasteiger charge is -2.35. The topological polar surface area (TPSA) is 87.1 Å². The second-order valence-electron chi connectivity index (χ2n) is 7.16. The second-order valence-corrected chi connectivity index (χ2v) is 9.10. The van der Waals surface area contributed by atoms with Gasteiger partial charge in [-0.05, 0) is 54.4 Å². The quantitative estimate of drug-likeness (QED) is 0.716. The number of alkyl halides is 3. The molecule has 2 aromatic rings. The van der Waals surface area contributed by atoms with E-state index in [4.69, 9.17) is 5.11 Å². The van der Waals surface area contributed by atoms with Gasteiger partial charge in [-0.15, -0.1) is 13.2 Å². The van der Waals surface area contributed by atoms with Gasteiger partial charge in [-0.2, -0.15) is 4.31 Å². The molecule has 0 radical (unpaired) electrons. The van der Waals surface area contributed by atoms with Crippen molar-refractivity contribution in [3.63, 3.8) is 0 Å². The molecule has 0 unspecified atom stereocenters. The van der Waals surface area contributed by atoms with E-state index in [-0.39, 0.29) is 30.2 Å². The van der Waals surface area contributed by atoms with Crippen LogP contribution < -0.4 is 9.64 Å². The third-order valence-corrected chi connectivity index (χ3v) is 6.65. The minimum Gasteiger partial charge on any atom is -0.481 e. The van der Waals surface area contributed by atoms with Crippen molar-refractivity contribution in [2.75, 3.05) is 31.1 Å². The van der Waals surface area contributed by atoms with Gasteiger partial charge in [-0.25, -0.2) is 8.42 Å². The molecule has 1 aliphatic rings. The van der Waals surface area contributed by atoms with Gasteiger partial charge >= 0.3 is 12.3 Å². The summed E-state index contributed by atoms with van der Waals surface area (Å²) in [5.74, 6) is -1.37. The number of nitrogens with zero attached hydrogens (tertiary/aromatic N) is 2. The second kappa shape index (κ2) is 8.75. The number of hydrogen-bond acceptors (Lipinski definition) is 5. The Morgan fingerprint density at radius 1 is 1.06 bits per heavy atom. The van der Waals surface area contributed by atoms with Gasteiger partial charge in [0, 0.05) is 31.9 Å². The molecule has 1 fully saturated rings. The predicted octanol–water partition coefficient (Wildman–Crippen LogP) is 3.03. The van der Waals surface area contributed by atoms with E-state index < -0.39 is 22.4 Å². The van der Waals surface area contributed by atoms with Crippen molar-refractivity contribution >= 4 is 21.7 Å². The van der Waals surface area contributed by atoms with Crippen LogP contribution in [-0.4, -0.2) is 56.3 Å². The molecule has 31 heavy (non-hydrogen) atoms. The number of anilines is 1. The predicted molar refractivity (Wildman–Crippen MR) is 107 cm³/mol. The number of ether oxygens (including phenoxy) is 1. The van der Waals surface area contributed by atoms with Crippen molar-refractivity contribution in [1.29, 1.82) is 0 Å². The highest BCUT2D eigenvalue weighted by Crippen LogP contribution is 2.27. The van der Waals surface area contributed by atoms with Gasteiger partial charge in [0.1, 0.15) is 5.75 Å². The summed E-state index contributed by atoms with van der Waals surface area (Å²) in [6.07, 6.45) is -5.03. The number of halogens is 3. The summed E-state index contributed by atoms with van der Waals surface area (Å²) < 4.78 is 68.1. The largest absolute Gasteiger partial charge is 0.573 e. The number of piperazine rings is 1. The maximum Gasteiger partial charge on any atom is 0.573 e. The van der Waals surface area contributed by atoms with E-state index in [1.807, 2.05) is 4.90 Å². The summed E-state index contributed by atoms with van der Waals surface area (Å²) in [6, 6.07) is 9.92. The smallest absolute Gasteiger partial charge is 0.481 e. The van der Waals surface area contributed by atoms with E-state index in [2.05, 4.69) is 4.74 Å². The normalized spacial score (nSPS) is 15.7.